The fraction of sp³-hybridized carbons (Fsp3) is 0.500. The Morgan fingerprint density at radius 2 is 2.00 bits per heavy atom. The number of nitrogens with zero attached hydrogens (tertiary/aromatic N) is 2. The summed E-state index contributed by atoms with van der Waals surface area (Å²) in [6.45, 7) is 7.59. The van der Waals surface area contributed by atoms with Crippen LogP contribution in [0.4, 0.5) is 10.5 Å². The third kappa shape index (κ3) is 1.68. The minimum atomic E-state index is 0.166. The number of rotatable bonds is 1. The smallest absolute Gasteiger partial charge is 0.317 e. The van der Waals surface area contributed by atoms with Gasteiger partial charge < -0.3 is 10.2 Å². The number of urea groups is 1. The Bertz CT molecular complexity index is 466. The average Bonchev–Trinajstić information content (AvgIpc) is 2.68. The van der Waals surface area contributed by atoms with Gasteiger partial charge in [-0.2, -0.15) is 0 Å². The van der Waals surface area contributed by atoms with Crippen LogP contribution in [0.25, 0.3) is 0 Å². The lowest BCUT2D eigenvalue weighted by molar-refractivity contribution is 0.193. The number of fused-ring (bicyclic) bond motifs is 1. The van der Waals surface area contributed by atoms with Crippen molar-refractivity contribution in [2.45, 2.75) is 19.9 Å². The lowest BCUT2D eigenvalue weighted by Crippen LogP contribution is -2.49. The molecule has 4 nitrogen and oxygen atoms in total. The summed E-state index contributed by atoms with van der Waals surface area (Å²) in [6, 6.07) is 6.68. The van der Waals surface area contributed by atoms with E-state index in [1.54, 1.807) is 0 Å². The molecular weight excluding hydrogens is 226 g/mol. The molecule has 2 amide bonds. The minimum absolute atomic E-state index is 0.166. The summed E-state index contributed by atoms with van der Waals surface area (Å²) in [5, 5.41) is 3.36. The van der Waals surface area contributed by atoms with Crippen LogP contribution in [0.2, 0.25) is 0 Å². The van der Waals surface area contributed by atoms with Crippen LogP contribution in [0.15, 0.2) is 18.2 Å². The Kier molecular flexibility index (Phi) is 2.74. The van der Waals surface area contributed by atoms with Gasteiger partial charge in [-0.05, 0) is 25.0 Å². The van der Waals surface area contributed by atoms with Crippen LogP contribution in [0.1, 0.15) is 11.1 Å². The quantitative estimate of drug-likeness (QED) is 0.814. The highest BCUT2D eigenvalue weighted by Gasteiger charge is 2.39. The van der Waals surface area contributed by atoms with Crippen LogP contribution in [0, 0.1) is 13.8 Å². The van der Waals surface area contributed by atoms with Crippen molar-refractivity contribution in [2.75, 3.05) is 31.1 Å². The van der Waals surface area contributed by atoms with E-state index in [9.17, 15) is 4.79 Å². The molecule has 0 aromatic heterocycles. The number of piperazine rings is 1. The molecule has 18 heavy (non-hydrogen) atoms. The lowest BCUT2D eigenvalue weighted by Gasteiger charge is -2.28. The average molecular weight is 245 g/mol. The summed E-state index contributed by atoms with van der Waals surface area (Å²) in [5.74, 6) is 0. The largest absolute Gasteiger partial charge is 0.324 e. The fourth-order valence-electron chi connectivity index (χ4n) is 3.04. The maximum atomic E-state index is 12.5. The first-order valence-corrected chi connectivity index (χ1v) is 6.53. The molecule has 1 atom stereocenters. The molecule has 2 saturated heterocycles. The number of carbonyl (C=O) groups is 1. The molecule has 0 spiro atoms. The molecule has 0 bridgehead atoms. The van der Waals surface area contributed by atoms with Crippen molar-refractivity contribution in [3.05, 3.63) is 29.3 Å². The molecule has 0 radical (unpaired) electrons. The molecule has 2 heterocycles. The topological polar surface area (TPSA) is 35.6 Å². The molecule has 1 aromatic rings. The number of para-hydroxylation sites is 1. The zero-order valence-corrected chi connectivity index (χ0v) is 10.9. The molecule has 3 rings (SSSR count). The lowest BCUT2D eigenvalue weighted by atomic mass is 10.1. The summed E-state index contributed by atoms with van der Waals surface area (Å²) in [7, 11) is 0. The first-order valence-electron chi connectivity index (χ1n) is 6.53. The molecular formula is C14H19N3O. The molecule has 1 aromatic carbocycles. The number of nitrogens with one attached hydrogen (secondary N) is 1. The van der Waals surface area contributed by atoms with Gasteiger partial charge >= 0.3 is 6.03 Å². The third-order valence-electron chi connectivity index (χ3n) is 3.93. The van der Waals surface area contributed by atoms with E-state index in [1.165, 1.54) is 11.1 Å². The van der Waals surface area contributed by atoms with Gasteiger partial charge in [-0.25, -0.2) is 4.79 Å². The summed E-state index contributed by atoms with van der Waals surface area (Å²) in [6.07, 6.45) is 0. The van der Waals surface area contributed by atoms with Crippen molar-refractivity contribution in [3.8, 4) is 0 Å². The first kappa shape index (κ1) is 11.5. The molecule has 0 saturated carbocycles. The predicted molar refractivity (Wildman–Crippen MR) is 72.0 cm³/mol. The van der Waals surface area contributed by atoms with Gasteiger partial charge in [0.1, 0.15) is 0 Å². The van der Waals surface area contributed by atoms with Gasteiger partial charge in [0.15, 0.2) is 0 Å². The zero-order valence-electron chi connectivity index (χ0n) is 10.9. The Balaban J connectivity index is 1.96. The summed E-state index contributed by atoms with van der Waals surface area (Å²) < 4.78 is 0. The van der Waals surface area contributed by atoms with Crippen molar-refractivity contribution < 1.29 is 4.79 Å². The van der Waals surface area contributed by atoms with Crippen LogP contribution < -0.4 is 10.2 Å². The normalized spacial score (nSPS) is 23.4. The highest BCUT2D eigenvalue weighted by Crippen LogP contribution is 2.30. The number of hydrogen-bond donors (Lipinski definition) is 1. The summed E-state index contributed by atoms with van der Waals surface area (Å²) >= 11 is 0. The SMILES string of the molecule is Cc1cccc(C)c1N1CC2CNCCN2C1=O. The van der Waals surface area contributed by atoms with Crippen molar-refractivity contribution in [1.82, 2.24) is 10.2 Å². The fourth-order valence-corrected chi connectivity index (χ4v) is 3.04. The van der Waals surface area contributed by atoms with Crippen LogP contribution in [0.5, 0.6) is 0 Å². The van der Waals surface area contributed by atoms with E-state index < -0.39 is 0 Å². The highest BCUT2D eigenvalue weighted by atomic mass is 16.2. The Labute approximate surface area is 108 Å². The minimum Gasteiger partial charge on any atom is -0.317 e. The van der Waals surface area contributed by atoms with Gasteiger partial charge in [0.25, 0.3) is 0 Å². The van der Waals surface area contributed by atoms with Crippen molar-refractivity contribution >= 4 is 11.7 Å². The monoisotopic (exact) mass is 245 g/mol. The highest BCUT2D eigenvalue weighted by molar-refractivity contribution is 5.96. The maximum absolute atomic E-state index is 12.5. The third-order valence-corrected chi connectivity index (χ3v) is 3.93. The number of anilines is 1. The molecule has 2 aliphatic heterocycles. The molecule has 2 aliphatic rings. The predicted octanol–water partition coefficient (Wildman–Crippen LogP) is 1.52. The van der Waals surface area contributed by atoms with Crippen molar-refractivity contribution in [3.63, 3.8) is 0 Å². The van der Waals surface area contributed by atoms with E-state index in [4.69, 9.17) is 0 Å². The van der Waals surface area contributed by atoms with Crippen LogP contribution in [-0.2, 0) is 0 Å². The number of aryl methyl sites for hydroxylation is 2. The van der Waals surface area contributed by atoms with Crippen molar-refractivity contribution in [2.24, 2.45) is 0 Å². The van der Waals surface area contributed by atoms with E-state index in [0.29, 0.717) is 6.04 Å². The second-order valence-corrected chi connectivity index (χ2v) is 5.18. The van der Waals surface area contributed by atoms with Gasteiger partial charge in [0, 0.05) is 26.2 Å². The van der Waals surface area contributed by atoms with Crippen LogP contribution in [-0.4, -0.2) is 43.2 Å². The molecule has 96 valence electrons. The molecule has 4 heteroatoms. The van der Waals surface area contributed by atoms with Crippen LogP contribution >= 0.6 is 0 Å². The summed E-state index contributed by atoms with van der Waals surface area (Å²) in [5.41, 5.74) is 3.45. The van der Waals surface area contributed by atoms with E-state index in [0.717, 1.165) is 31.9 Å². The Hall–Kier alpha value is -1.55. The molecule has 1 unspecified atom stereocenters. The van der Waals surface area contributed by atoms with Gasteiger partial charge in [-0.1, -0.05) is 18.2 Å². The molecule has 0 aliphatic carbocycles. The van der Waals surface area contributed by atoms with E-state index in [-0.39, 0.29) is 6.03 Å². The van der Waals surface area contributed by atoms with Gasteiger partial charge in [-0.3, -0.25) is 4.90 Å². The summed E-state index contributed by atoms with van der Waals surface area (Å²) in [4.78, 5) is 16.4. The van der Waals surface area contributed by atoms with Gasteiger partial charge in [0.2, 0.25) is 0 Å². The molecule has 2 fully saturated rings. The first-order chi connectivity index (χ1) is 8.68. The zero-order chi connectivity index (χ0) is 12.7. The second kappa shape index (κ2) is 4.28. The molecule has 1 N–H and O–H groups in total. The van der Waals surface area contributed by atoms with E-state index >= 15 is 0 Å². The number of carbonyl (C=O) groups excluding carboxylic acids is 1. The number of benzene rings is 1. The second-order valence-electron chi connectivity index (χ2n) is 5.18. The van der Waals surface area contributed by atoms with Crippen LogP contribution in [0.3, 0.4) is 0 Å². The standard InChI is InChI=1S/C14H19N3O/c1-10-4-3-5-11(2)13(10)17-9-12-8-15-6-7-16(12)14(17)18/h3-5,12,15H,6-9H2,1-2H3. The van der Waals surface area contributed by atoms with Crippen molar-refractivity contribution in [1.29, 1.82) is 0 Å². The number of amides is 2. The Morgan fingerprint density at radius 3 is 2.67 bits per heavy atom. The van der Waals surface area contributed by atoms with E-state index in [2.05, 4.69) is 31.3 Å². The van der Waals surface area contributed by atoms with Gasteiger partial charge in [-0.15, -0.1) is 0 Å². The van der Waals surface area contributed by atoms with Gasteiger partial charge in [0.05, 0.1) is 11.7 Å². The maximum Gasteiger partial charge on any atom is 0.324 e. The Morgan fingerprint density at radius 1 is 1.28 bits per heavy atom. The van der Waals surface area contributed by atoms with E-state index in [1.807, 2.05) is 15.9 Å². The number of hydrogen-bond acceptors (Lipinski definition) is 2.